The number of fused-ring (bicyclic) bond motifs is 1. The van der Waals surface area contributed by atoms with Crippen molar-refractivity contribution < 1.29 is 9.53 Å². The second-order valence-electron chi connectivity index (χ2n) is 5.77. The number of pyridine rings is 1. The molecule has 1 heterocycles. The van der Waals surface area contributed by atoms with Gasteiger partial charge in [0.1, 0.15) is 0 Å². The third kappa shape index (κ3) is 3.58. The summed E-state index contributed by atoms with van der Waals surface area (Å²) in [4.78, 5) is 18.9. The van der Waals surface area contributed by atoms with E-state index in [1.54, 1.807) is 11.8 Å². The largest absolute Gasteiger partial charge is 0.461 e. The van der Waals surface area contributed by atoms with Crippen molar-refractivity contribution in [3.63, 3.8) is 0 Å². The number of carbonyl (C=O) groups excluding carboxylic acids is 1. The quantitative estimate of drug-likeness (QED) is 0.770. The molecule has 1 aromatic heterocycles. The minimum atomic E-state index is -0.294. The number of rotatable bonds is 4. The van der Waals surface area contributed by atoms with Gasteiger partial charge in [-0.3, -0.25) is 0 Å². The van der Waals surface area contributed by atoms with E-state index in [1.807, 2.05) is 13.1 Å². The van der Waals surface area contributed by atoms with Gasteiger partial charge < -0.3 is 4.74 Å². The molecule has 0 radical (unpaired) electrons. The molecule has 2 aromatic rings. The Bertz CT molecular complexity index is 727. The van der Waals surface area contributed by atoms with E-state index in [0.717, 1.165) is 24.8 Å². The second-order valence-corrected chi connectivity index (χ2v) is 6.89. The van der Waals surface area contributed by atoms with Crippen LogP contribution < -0.4 is 0 Å². The van der Waals surface area contributed by atoms with Gasteiger partial charge in [-0.05, 0) is 62.8 Å². The van der Waals surface area contributed by atoms with Gasteiger partial charge in [-0.1, -0.05) is 29.5 Å². The monoisotopic (exact) mass is 327 g/mol. The molecule has 0 amide bonds. The molecule has 0 N–H and O–H groups in total. The lowest BCUT2D eigenvalue weighted by atomic mass is 9.91. The van der Waals surface area contributed by atoms with E-state index >= 15 is 0 Å². The topological polar surface area (TPSA) is 39.2 Å². The predicted molar refractivity (Wildman–Crippen MR) is 92.1 cm³/mol. The summed E-state index contributed by atoms with van der Waals surface area (Å²) in [6, 6.07) is 8.47. The molecule has 1 aromatic carbocycles. The molecule has 0 fully saturated rings. The van der Waals surface area contributed by atoms with Gasteiger partial charge in [0, 0.05) is 16.0 Å². The highest BCUT2D eigenvalue weighted by atomic mass is 32.2. The summed E-state index contributed by atoms with van der Waals surface area (Å²) in [6.45, 7) is 4.31. The molecule has 4 heteroatoms. The van der Waals surface area contributed by atoms with Crippen molar-refractivity contribution in [1.29, 1.82) is 0 Å². The summed E-state index contributed by atoms with van der Waals surface area (Å²) >= 11 is 1.74. The van der Waals surface area contributed by atoms with Gasteiger partial charge in [0.05, 0.1) is 6.61 Å². The summed E-state index contributed by atoms with van der Waals surface area (Å²) in [5.41, 5.74) is 4.13. The normalized spacial score (nSPS) is 13.5. The molecule has 0 aliphatic heterocycles. The van der Waals surface area contributed by atoms with Gasteiger partial charge >= 0.3 is 5.97 Å². The molecule has 0 saturated carbocycles. The molecule has 0 saturated heterocycles. The standard InChI is InChI=1S/C19H21NO2S/c1-3-22-19(21)18-16-10-5-4-9-15(16)17(12-20-18)23-14-8-6-7-13(2)11-14/h6-8,11-12H,3-5,9-10H2,1-2H3. The van der Waals surface area contributed by atoms with Crippen molar-refractivity contribution in [3.8, 4) is 0 Å². The number of esters is 1. The third-order valence-corrected chi connectivity index (χ3v) is 5.11. The molecule has 0 bridgehead atoms. The zero-order valence-corrected chi connectivity index (χ0v) is 14.4. The smallest absolute Gasteiger partial charge is 0.357 e. The molecular formula is C19H21NO2S. The molecule has 0 atom stereocenters. The van der Waals surface area contributed by atoms with E-state index in [1.165, 1.54) is 27.3 Å². The number of benzene rings is 1. The Balaban J connectivity index is 1.97. The molecule has 3 rings (SSSR count). The fraction of sp³-hybridized carbons (Fsp3) is 0.368. The van der Waals surface area contributed by atoms with Crippen LogP contribution >= 0.6 is 11.8 Å². The number of ether oxygens (including phenoxy) is 1. The van der Waals surface area contributed by atoms with Gasteiger partial charge in [-0.25, -0.2) is 9.78 Å². The summed E-state index contributed by atoms with van der Waals surface area (Å²) in [7, 11) is 0. The summed E-state index contributed by atoms with van der Waals surface area (Å²) < 4.78 is 5.16. The number of hydrogen-bond acceptors (Lipinski definition) is 4. The van der Waals surface area contributed by atoms with E-state index in [2.05, 4.69) is 36.2 Å². The molecule has 0 unspecified atom stereocenters. The maximum absolute atomic E-state index is 12.1. The molecule has 3 nitrogen and oxygen atoms in total. The van der Waals surface area contributed by atoms with Gasteiger partial charge in [0.15, 0.2) is 5.69 Å². The van der Waals surface area contributed by atoms with Crippen molar-refractivity contribution >= 4 is 17.7 Å². The third-order valence-electron chi connectivity index (χ3n) is 4.05. The first-order chi connectivity index (χ1) is 11.2. The lowest BCUT2D eigenvalue weighted by Gasteiger charge is -2.21. The SMILES string of the molecule is CCOC(=O)c1ncc(Sc2cccc(C)c2)c2c1CCCC2. The van der Waals surface area contributed by atoms with Crippen molar-refractivity contribution in [3.05, 3.63) is 52.8 Å². The van der Waals surface area contributed by atoms with Gasteiger partial charge in [-0.15, -0.1) is 0 Å². The molecule has 1 aliphatic carbocycles. The first kappa shape index (κ1) is 16.1. The van der Waals surface area contributed by atoms with Crippen LogP contribution in [0.2, 0.25) is 0 Å². The number of nitrogens with zero attached hydrogens (tertiary/aromatic N) is 1. The Morgan fingerprint density at radius 1 is 1.26 bits per heavy atom. The molecule has 1 aliphatic rings. The van der Waals surface area contributed by atoms with Crippen molar-refractivity contribution in [2.45, 2.75) is 49.3 Å². The van der Waals surface area contributed by atoms with Gasteiger partial charge in [0.25, 0.3) is 0 Å². The zero-order chi connectivity index (χ0) is 16.2. The Morgan fingerprint density at radius 3 is 2.78 bits per heavy atom. The maximum Gasteiger partial charge on any atom is 0.357 e. The van der Waals surface area contributed by atoms with Crippen LogP contribution in [0.3, 0.4) is 0 Å². The summed E-state index contributed by atoms with van der Waals surface area (Å²) in [5, 5.41) is 0. The summed E-state index contributed by atoms with van der Waals surface area (Å²) in [6.07, 6.45) is 6.04. The number of aryl methyl sites for hydroxylation is 1. The van der Waals surface area contributed by atoms with Crippen LogP contribution in [0, 0.1) is 6.92 Å². The van der Waals surface area contributed by atoms with Crippen molar-refractivity contribution in [2.75, 3.05) is 6.61 Å². The van der Waals surface area contributed by atoms with Gasteiger partial charge in [0.2, 0.25) is 0 Å². The average Bonchev–Trinajstić information content (AvgIpc) is 2.55. The molecule has 0 spiro atoms. The minimum absolute atomic E-state index is 0.294. The van der Waals surface area contributed by atoms with E-state index in [-0.39, 0.29) is 5.97 Å². The molecule has 120 valence electrons. The highest BCUT2D eigenvalue weighted by Gasteiger charge is 2.23. The lowest BCUT2D eigenvalue weighted by molar-refractivity contribution is 0.0517. The first-order valence-electron chi connectivity index (χ1n) is 8.11. The summed E-state index contributed by atoms with van der Waals surface area (Å²) in [5.74, 6) is -0.294. The number of aromatic nitrogens is 1. The van der Waals surface area contributed by atoms with Crippen LogP contribution in [0.4, 0.5) is 0 Å². The van der Waals surface area contributed by atoms with Crippen LogP contribution in [0.15, 0.2) is 40.3 Å². The fourth-order valence-electron chi connectivity index (χ4n) is 2.99. The minimum Gasteiger partial charge on any atom is -0.461 e. The highest BCUT2D eigenvalue weighted by molar-refractivity contribution is 7.99. The van der Waals surface area contributed by atoms with E-state index in [4.69, 9.17) is 4.74 Å². The Morgan fingerprint density at radius 2 is 2.04 bits per heavy atom. The number of hydrogen-bond donors (Lipinski definition) is 0. The maximum atomic E-state index is 12.1. The zero-order valence-electron chi connectivity index (χ0n) is 13.6. The van der Waals surface area contributed by atoms with Crippen LogP contribution in [-0.2, 0) is 17.6 Å². The Hall–Kier alpha value is -1.81. The second kappa shape index (κ2) is 7.18. The van der Waals surface area contributed by atoms with Crippen LogP contribution in [-0.4, -0.2) is 17.6 Å². The molecular weight excluding hydrogens is 306 g/mol. The van der Waals surface area contributed by atoms with E-state index in [9.17, 15) is 4.79 Å². The highest BCUT2D eigenvalue weighted by Crippen LogP contribution is 2.36. The Kier molecular flexibility index (Phi) is 5.01. The molecule has 23 heavy (non-hydrogen) atoms. The first-order valence-corrected chi connectivity index (χ1v) is 8.93. The van der Waals surface area contributed by atoms with Crippen LogP contribution in [0.25, 0.3) is 0 Å². The number of carbonyl (C=O) groups is 1. The van der Waals surface area contributed by atoms with E-state index in [0.29, 0.717) is 12.3 Å². The van der Waals surface area contributed by atoms with Crippen LogP contribution in [0.1, 0.15) is 46.9 Å². The fourth-order valence-corrected chi connectivity index (χ4v) is 4.09. The van der Waals surface area contributed by atoms with Gasteiger partial charge in [-0.2, -0.15) is 0 Å². The van der Waals surface area contributed by atoms with Crippen molar-refractivity contribution in [2.24, 2.45) is 0 Å². The Labute approximate surface area is 141 Å². The average molecular weight is 327 g/mol. The van der Waals surface area contributed by atoms with Crippen molar-refractivity contribution in [1.82, 2.24) is 4.98 Å². The predicted octanol–water partition coefficient (Wildman–Crippen LogP) is 4.60. The lowest BCUT2D eigenvalue weighted by Crippen LogP contribution is -2.16. The van der Waals surface area contributed by atoms with E-state index < -0.39 is 0 Å². The van der Waals surface area contributed by atoms with Crippen LogP contribution in [0.5, 0.6) is 0 Å².